The molecule has 2 heterocycles. The molecular weight excluding hydrogens is 400 g/mol. The number of ketones is 1. The number of piperidine rings is 2. The van der Waals surface area contributed by atoms with E-state index in [0.717, 1.165) is 25.9 Å². The number of carbonyl (C=O) groups excluding carboxylic acids is 3. The number of hydrogen-bond donors (Lipinski definition) is 0. The van der Waals surface area contributed by atoms with E-state index < -0.39 is 12.0 Å². The first-order chi connectivity index (χ1) is 14.9. The lowest BCUT2D eigenvalue weighted by Gasteiger charge is -2.41. The second-order valence-electron chi connectivity index (χ2n) is 8.43. The third kappa shape index (κ3) is 7.54. The Bertz CT molecular complexity index is 583. The van der Waals surface area contributed by atoms with Gasteiger partial charge in [-0.3, -0.25) is 19.3 Å². The molecule has 2 atom stereocenters. The van der Waals surface area contributed by atoms with Crippen molar-refractivity contribution in [2.45, 2.75) is 65.5 Å². The molecule has 8 nitrogen and oxygen atoms in total. The van der Waals surface area contributed by atoms with E-state index >= 15 is 0 Å². The summed E-state index contributed by atoms with van der Waals surface area (Å²) in [4.78, 5) is 41.9. The molecule has 0 radical (unpaired) electrons. The minimum atomic E-state index is -0.581. The van der Waals surface area contributed by atoms with Gasteiger partial charge < -0.3 is 19.1 Å². The van der Waals surface area contributed by atoms with Gasteiger partial charge in [-0.05, 0) is 66.5 Å². The molecule has 2 fully saturated rings. The Hall–Kier alpha value is -1.51. The van der Waals surface area contributed by atoms with Gasteiger partial charge >= 0.3 is 11.9 Å². The fourth-order valence-corrected chi connectivity index (χ4v) is 4.69. The van der Waals surface area contributed by atoms with E-state index in [9.17, 15) is 14.4 Å². The lowest BCUT2D eigenvalue weighted by molar-refractivity contribution is -0.156. The quantitative estimate of drug-likeness (QED) is 0.451. The highest BCUT2D eigenvalue weighted by molar-refractivity contribution is 5.87. The van der Waals surface area contributed by atoms with E-state index in [-0.39, 0.29) is 29.7 Å². The van der Waals surface area contributed by atoms with Crippen molar-refractivity contribution in [2.75, 3.05) is 52.5 Å². The molecule has 0 aromatic heterocycles. The highest BCUT2D eigenvalue weighted by atomic mass is 16.5. The summed E-state index contributed by atoms with van der Waals surface area (Å²) in [5.41, 5.74) is 0. The summed E-state index contributed by atoms with van der Waals surface area (Å²) in [7, 11) is 0. The van der Waals surface area contributed by atoms with Crippen LogP contribution in [0.15, 0.2) is 0 Å². The third-order valence-corrected chi connectivity index (χ3v) is 6.37. The SMILES string of the molecule is CCOC(=O)C1CCN(CC(C(C)=O)C(C(=O)OCC)N2CCC(OCC)CC2)CC1. The van der Waals surface area contributed by atoms with E-state index in [4.69, 9.17) is 14.2 Å². The summed E-state index contributed by atoms with van der Waals surface area (Å²) in [6.07, 6.45) is 3.33. The maximum Gasteiger partial charge on any atom is 0.324 e. The second-order valence-corrected chi connectivity index (χ2v) is 8.43. The van der Waals surface area contributed by atoms with Crippen LogP contribution in [0.3, 0.4) is 0 Å². The number of nitrogens with zero attached hydrogens (tertiary/aromatic N) is 2. The zero-order valence-electron chi connectivity index (χ0n) is 19.6. The van der Waals surface area contributed by atoms with E-state index in [1.807, 2.05) is 13.8 Å². The number of rotatable bonds is 11. The highest BCUT2D eigenvalue weighted by Gasteiger charge is 2.40. The predicted octanol–water partition coefficient (Wildman–Crippen LogP) is 1.90. The van der Waals surface area contributed by atoms with Crippen molar-refractivity contribution in [3.8, 4) is 0 Å². The summed E-state index contributed by atoms with van der Waals surface area (Å²) in [6, 6.07) is -0.581. The number of carbonyl (C=O) groups is 3. The van der Waals surface area contributed by atoms with E-state index in [1.165, 1.54) is 0 Å². The van der Waals surface area contributed by atoms with Crippen LogP contribution >= 0.6 is 0 Å². The Balaban J connectivity index is 2.04. The molecule has 2 aliphatic heterocycles. The molecule has 2 saturated heterocycles. The van der Waals surface area contributed by atoms with Crippen LogP contribution in [0.4, 0.5) is 0 Å². The van der Waals surface area contributed by atoms with Crippen molar-refractivity contribution in [3.05, 3.63) is 0 Å². The van der Waals surface area contributed by atoms with Crippen LogP contribution in [-0.4, -0.2) is 92.2 Å². The number of esters is 2. The van der Waals surface area contributed by atoms with Gasteiger partial charge in [0.05, 0.1) is 31.2 Å². The molecule has 0 spiro atoms. The van der Waals surface area contributed by atoms with Crippen LogP contribution < -0.4 is 0 Å². The standard InChI is InChI=1S/C23H40N2O6/c1-5-29-19-10-14-25(15-11-19)21(23(28)31-7-3)20(17(4)26)16-24-12-8-18(9-13-24)22(27)30-6-2/h18-21H,5-16H2,1-4H3. The van der Waals surface area contributed by atoms with Gasteiger partial charge in [-0.25, -0.2) is 0 Å². The van der Waals surface area contributed by atoms with Crippen molar-refractivity contribution >= 4 is 17.7 Å². The minimum absolute atomic E-state index is 0.00231. The van der Waals surface area contributed by atoms with Gasteiger partial charge in [0, 0.05) is 26.2 Å². The number of ether oxygens (including phenoxy) is 3. The van der Waals surface area contributed by atoms with Crippen molar-refractivity contribution in [1.29, 1.82) is 0 Å². The Morgan fingerprint density at radius 1 is 0.871 bits per heavy atom. The van der Waals surface area contributed by atoms with Crippen molar-refractivity contribution < 1.29 is 28.6 Å². The summed E-state index contributed by atoms with van der Waals surface area (Å²) >= 11 is 0. The Morgan fingerprint density at radius 3 is 2.00 bits per heavy atom. The number of likely N-dealkylation sites (tertiary alicyclic amines) is 2. The molecule has 178 valence electrons. The van der Waals surface area contributed by atoms with Gasteiger partial charge in [-0.15, -0.1) is 0 Å². The first-order valence-electron chi connectivity index (χ1n) is 11.8. The Labute approximate surface area is 186 Å². The van der Waals surface area contributed by atoms with Gasteiger partial charge in [0.15, 0.2) is 0 Å². The molecule has 0 saturated carbocycles. The molecule has 2 unspecified atom stereocenters. The summed E-state index contributed by atoms with van der Waals surface area (Å²) in [5, 5.41) is 0. The van der Waals surface area contributed by atoms with Gasteiger partial charge in [0.1, 0.15) is 11.8 Å². The monoisotopic (exact) mass is 440 g/mol. The molecule has 2 rings (SSSR count). The van der Waals surface area contributed by atoms with Crippen LogP contribution in [0.1, 0.15) is 53.4 Å². The largest absolute Gasteiger partial charge is 0.466 e. The Morgan fingerprint density at radius 2 is 1.48 bits per heavy atom. The van der Waals surface area contributed by atoms with Crippen molar-refractivity contribution in [3.63, 3.8) is 0 Å². The summed E-state index contributed by atoms with van der Waals surface area (Å²) in [6.45, 7) is 11.9. The first kappa shape index (κ1) is 25.7. The van der Waals surface area contributed by atoms with E-state index in [1.54, 1.807) is 13.8 Å². The third-order valence-electron chi connectivity index (χ3n) is 6.37. The Kier molecular flexibility index (Phi) is 10.9. The first-order valence-corrected chi connectivity index (χ1v) is 11.8. The fraction of sp³-hybridized carbons (Fsp3) is 0.870. The number of Topliss-reactive ketones (excluding diaryl/α,β-unsaturated/α-hetero) is 1. The normalized spacial score (nSPS) is 21.4. The van der Waals surface area contributed by atoms with Crippen LogP contribution in [0.25, 0.3) is 0 Å². The average molecular weight is 441 g/mol. The molecule has 0 aromatic rings. The molecule has 0 bridgehead atoms. The van der Waals surface area contributed by atoms with Gasteiger partial charge in [-0.1, -0.05) is 0 Å². The van der Waals surface area contributed by atoms with Crippen molar-refractivity contribution in [2.24, 2.45) is 11.8 Å². The zero-order chi connectivity index (χ0) is 22.8. The van der Waals surface area contributed by atoms with Crippen LogP contribution in [-0.2, 0) is 28.6 Å². The lowest BCUT2D eigenvalue weighted by Crippen LogP contribution is -2.55. The predicted molar refractivity (Wildman–Crippen MR) is 117 cm³/mol. The molecule has 2 aliphatic rings. The minimum Gasteiger partial charge on any atom is -0.466 e. The maximum absolute atomic E-state index is 12.9. The molecule has 8 heteroatoms. The number of hydrogen-bond acceptors (Lipinski definition) is 8. The molecule has 31 heavy (non-hydrogen) atoms. The molecule has 0 aromatic carbocycles. The molecule has 0 N–H and O–H groups in total. The molecular formula is C23H40N2O6. The fourth-order valence-electron chi connectivity index (χ4n) is 4.69. The average Bonchev–Trinajstić information content (AvgIpc) is 2.75. The van der Waals surface area contributed by atoms with E-state index in [2.05, 4.69) is 9.80 Å². The zero-order valence-corrected chi connectivity index (χ0v) is 19.6. The summed E-state index contributed by atoms with van der Waals surface area (Å²) < 4.78 is 16.3. The molecule has 0 aliphatic carbocycles. The van der Waals surface area contributed by atoms with Crippen LogP contribution in [0.5, 0.6) is 0 Å². The van der Waals surface area contributed by atoms with Crippen LogP contribution in [0.2, 0.25) is 0 Å². The second kappa shape index (κ2) is 13.1. The maximum atomic E-state index is 12.9. The van der Waals surface area contributed by atoms with Gasteiger partial charge in [0.25, 0.3) is 0 Å². The van der Waals surface area contributed by atoms with Crippen LogP contribution in [0, 0.1) is 11.8 Å². The summed E-state index contributed by atoms with van der Waals surface area (Å²) in [5.74, 6) is -0.990. The lowest BCUT2D eigenvalue weighted by atomic mass is 9.90. The smallest absolute Gasteiger partial charge is 0.324 e. The van der Waals surface area contributed by atoms with Crippen molar-refractivity contribution in [1.82, 2.24) is 9.80 Å². The highest BCUT2D eigenvalue weighted by Crippen LogP contribution is 2.25. The topological polar surface area (TPSA) is 85.4 Å². The van der Waals surface area contributed by atoms with Gasteiger partial charge in [-0.2, -0.15) is 0 Å². The van der Waals surface area contributed by atoms with Gasteiger partial charge in [0.2, 0.25) is 0 Å². The molecule has 0 amide bonds. The van der Waals surface area contributed by atoms with E-state index in [0.29, 0.717) is 52.3 Å².